The van der Waals surface area contributed by atoms with Crippen LogP contribution in [0.1, 0.15) is 41.5 Å². The Morgan fingerprint density at radius 2 is 0.676 bits per heavy atom. The number of aliphatic hydroxyl groups excluding tert-OH is 3. The standard InChI is InChI=1S/C21H48NO12P3/c1-7-29-35(26,30-8-2)16-19(23)13-22(14-20(24)17-36(27,31-9-3)32-10-4)15-21(25)18-37(28,33-11-5)34-12-6/h19-21,23-25H,7-18H2,1-6H3/t19-,20-,21+/m0/s1. The predicted molar refractivity (Wildman–Crippen MR) is 142 cm³/mol. The molecule has 37 heavy (non-hydrogen) atoms. The second-order valence-corrected chi connectivity index (χ2v) is 14.4. The van der Waals surface area contributed by atoms with Crippen molar-refractivity contribution >= 4 is 22.8 Å². The zero-order valence-electron chi connectivity index (χ0n) is 23.0. The van der Waals surface area contributed by atoms with E-state index in [2.05, 4.69) is 0 Å². The van der Waals surface area contributed by atoms with Crippen LogP contribution in [-0.4, -0.2) is 116 Å². The first-order valence-corrected chi connectivity index (χ1v) is 17.9. The lowest BCUT2D eigenvalue weighted by Gasteiger charge is -2.31. The van der Waals surface area contributed by atoms with Crippen LogP contribution in [-0.2, 0) is 40.8 Å². The molecule has 3 atom stereocenters. The largest absolute Gasteiger partial charge is 0.391 e. The molecule has 0 aliphatic rings. The molecule has 0 aromatic carbocycles. The molecule has 0 amide bonds. The highest BCUT2D eigenvalue weighted by atomic mass is 31.2. The van der Waals surface area contributed by atoms with Crippen molar-refractivity contribution in [1.29, 1.82) is 0 Å². The topological polar surface area (TPSA) is 171 Å². The van der Waals surface area contributed by atoms with Crippen molar-refractivity contribution in [2.75, 3.05) is 77.8 Å². The quantitative estimate of drug-likeness (QED) is 0.138. The Bertz CT molecular complexity index is 618. The van der Waals surface area contributed by atoms with Crippen LogP contribution in [0, 0.1) is 0 Å². The van der Waals surface area contributed by atoms with Gasteiger partial charge in [0.1, 0.15) is 0 Å². The van der Waals surface area contributed by atoms with E-state index in [0.29, 0.717) is 0 Å². The van der Waals surface area contributed by atoms with E-state index in [4.69, 9.17) is 27.1 Å². The highest BCUT2D eigenvalue weighted by Crippen LogP contribution is 2.50. The molecule has 0 saturated heterocycles. The fourth-order valence-electron chi connectivity index (χ4n) is 3.67. The van der Waals surface area contributed by atoms with Gasteiger partial charge in [0.25, 0.3) is 0 Å². The fourth-order valence-corrected chi connectivity index (χ4v) is 8.79. The Morgan fingerprint density at radius 1 is 0.486 bits per heavy atom. The molecule has 0 radical (unpaired) electrons. The van der Waals surface area contributed by atoms with E-state index in [9.17, 15) is 29.0 Å². The average molecular weight is 600 g/mol. The molecule has 13 nitrogen and oxygen atoms in total. The van der Waals surface area contributed by atoms with Crippen LogP contribution >= 0.6 is 22.8 Å². The van der Waals surface area contributed by atoms with Crippen molar-refractivity contribution in [2.45, 2.75) is 59.9 Å². The highest BCUT2D eigenvalue weighted by Gasteiger charge is 2.34. The summed E-state index contributed by atoms with van der Waals surface area (Å²) in [6, 6.07) is 0. The summed E-state index contributed by atoms with van der Waals surface area (Å²) in [7, 11) is -10.7. The zero-order valence-corrected chi connectivity index (χ0v) is 25.7. The van der Waals surface area contributed by atoms with E-state index in [1.54, 1.807) is 41.5 Å². The van der Waals surface area contributed by atoms with E-state index >= 15 is 0 Å². The van der Waals surface area contributed by atoms with Crippen LogP contribution in [0.15, 0.2) is 0 Å². The van der Waals surface area contributed by atoms with E-state index in [-0.39, 0.29) is 77.8 Å². The van der Waals surface area contributed by atoms with Gasteiger partial charge in [-0.15, -0.1) is 0 Å². The summed E-state index contributed by atoms with van der Waals surface area (Å²) in [5.41, 5.74) is 0. The van der Waals surface area contributed by atoms with Crippen molar-refractivity contribution in [1.82, 2.24) is 4.90 Å². The third-order valence-electron chi connectivity index (χ3n) is 4.66. The minimum absolute atomic E-state index is 0.124. The van der Waals surface area contributed by atoms with E-state index < -0.39 is 41.1 Å². The van der Waals surface area contributed by atoms with Gasteiger partial charge >= 0.3 is 22.8 Å². The van der Waals surface area contributed by atoms with Crippen LogP contribution in [0.3, 0.4) is 0 Å². The first-order chi connectivity index (χ1) is 17.3. The molecule has 0 aliphatic carbocycles. The van der Waals surface area contributed by atoms with Gasteiger partial charge in [0, 0.05) is 19.6 Å². The summed E-state index contributed by atoms with van der Waals surface area (Å²) in [6.45, 7) is 10.2. The van der Waals surface area contributed by atoms with Gasteiger partial charge in [-0.25, -0.2) is 0 Å². The van der Waals surface area contributed by atoms with Crippen LogP contribution in [0.5, 0.6) is 0 Å². The monoisotopic (exact) mass is 599 g/mol. The van der Waals surface area contributed by atoms with Crippen molar-refractivity contribution in [3.8, 4) is 0 Å². The normalized spacial score (nSPS) is 15.7. The molecule has 0 bridgehead atoms. The van der Waals surface area contributed by atoms with Crippen molar-refractivity contribution < 1.29 is 56.2 Å². The second-order valence-electron chi connectivity index (χ2n) is 8.07. The molecule has 224 valence electrons. The van der Waals surface area contributed by atoms with Crippen molar-refractivity contribution in [3.05, 3.63) is 0 Å². The van der Waals surface area contributed by atoms with Crippen molar-refractivity contribution in [2.24, 2.45) is 0 Å². The second kappa shape index (κ2) is 19.4. The Hall–Kier alpha value is 0.290. The summed E-state index contributed by atoms with van der Waals surface area (Å²) in [6.07, 6.45) is -4.61. The van der Waals surface area contributed by atoms with Gasteiger partial charge in [-0.1, -0.05) is 0 Å². The van der Waals surface area contributed by atoms with Gasteiger partial charge in [0.2, 0.25) is 0 Å². The molecule has 0 heterocycles. The molecule has 0 aliphatic heterocycles. The predicted octanol–water partition coefficient (Wildman–Crippen LogP) is 3.17. The maximum Gasteiger partial charge on any atom is 0.333 e. The average Bonchev–Trinajstić information content (AvgIpc) is 2.73. The lowest BCUT2D eigenvalue weighted by Crippen LogP contribution is -2.44. The smallest absolute Gasteiger partial charge is 0.333 e. The van der Waals surface area contributed by atoms with E-state index in [0.717, 1.165) is 0 Å². The first-order valence-electron chi connectivity index (χ1n) is 12.7. The molecule has 0 saturated carbocycles. The number of rotatable bonds is 24. The molecule has 0 aromatic rings. The summed E-state index contributed by atoms with van der Waals surface area (Å²) < 4.78 is 70.0. The Labute approximate surface area is 221 Å². The molecule has 0 aromatic heterocycles. The van der Waals surface area contributed by atoms with Crippen LogP contribution < -0.4 is 0 Å². The summed E-state index contributed by atoms with van der Waals surface area (Å²) in [5.74, 6) is 0. The molecule has 0 rings (SSSR count). The Morgan fingerprint density at radius 3 is 0.838 bits per heavy atom. The van der Waals surface area contributed by atoms with Crippen molar-refractivity contribution in [3.63, 3.8) is 0 Å². The highest BCUT2D eigenvalue weighted by molar-refractivity contribution is 7.54. The van der Waals surface area contributed by atoms with Crippen LogP contribution in [0.2, 0.25) is 0 Å². The van der Waals surface area contributed by atoms with Gasteiger partial charge in [0.15, 0.2) is 0 Å². The van der Waals surface area contributed by atoms with Gasteiger partial charge in [-0.05, 0) is 41.5 Å². The molecule has 0 fully saturated rings. The minimum atomic E-state index is -3.57. The molecule has 3 N–H and O–H groups in total. The van der Waals surface area contributed by atoms with Gasteiger partial charge in [0.05, 0.1) is 76.4 Å². The Balaban J connectivity index is 5.64. The number of nitrogens with zero attached hydrogens (tertiary/aromatic N) is 1. The fraction of sp³-hybridized carbons (Fsp3) is 1.00. The Kier molecular flexibility index (Phi) is 19.5. The van der Waals surface area contributed by atoms with Gasteiger partial charge in [-0.3, -0.25) is 18.6 Å². The third-order valence-corrected chi connectivity index (χ3v) is 11.2. The van der Waals surface area contributed by atoms with Gasteiger partial charge in [-0.2, -0.15) is 0 Å². The van der Waals surface area contributed by atoms with Gasteiger partial charge < -0.3 is 42.5 Å². The summed E-state index contributed by atoms with van der Waals surface area (Å²) >= 11 is 0. The summed E-state index contributed by atoms with van der Waals surface area (Å²) in [5, 5.41) is 32.1. The molecule has 0 spiro atoms. The lowest BCUT2D eigenvalue weighted by atomic mass is 10.2. The molecule has 0 unspecified atom stereocenters. The summed E-state index contributed by atoms with van der Waals surface area (Å²) in [4.78, 5) is 1.48. The maximum absolute atomic E-state index is 12.9. The minimum Gasteiger partial charge on any atom is -0.391 e. The van der Waals surface area contributed by atoms with E-state index in [1.165, 1.54) is 4.90 Å². The number of hydrogen-bond donors (Lipinski definition) is 3. The maximum atomic E-state index is 12.9. The SMILES string of the molecule is CCOP(=O)(C[C@H](O)CN(C[C@H](O)CP(=O)(OCC)OCC)C[C@H](O)CP(=O)(OCC)OCC)OCC. The van der Waals surface area contributed by atoms with Crippen LogP contribution in [0.25, 0.3) is 0 Å². The zero-order chi connectivity index (χ0) is 28.5. The van der Waals surface area contributed by atoms with Crippen LogP contribution in [0.4, 0.5) is 0 Å². The van der Waals surface area contributed by atoms with E-state index in [1.807, 2.05) is 0 Å². The molecular weight excluding hydrogens is 551 g/mol. The third kappa shape index (κ3) is 16.2. The molecule has 16 heteroatoms. The number of aliphatic hydroxyl groups is 3. The lowest BCUT2D eigenvalue weighted by molar-refractivity contribution is 0.0495. The number of hydrogen-bond acceptors (Lipinski definition) is 13. The first kappa shape index (κ1) is 37.3. The molecular formula is C21H48NO12P3.